The van der Waals surface area contributed by atoms with Crippen LogP contribution in [0.2, 0.25) is 0 Å². The summed E-state index contributed by atoms with van der Waals surface area (Å²) in [7, 11) is 0. The Morgan fingerprint density at radius 1 is 1.24 bits per heavy atom. The van der Waals surface area contributed by atoms with Gasteiger partial charge in [-0.15, -0.1) is 0 Å². The van der Waals surface area contributed by atoms with Crippen LogP contribution in [0.25, 0.3) is 0 Å². The molecule has 0 fully saturated rings. The van der Waals surface area contributed by atoms with Gasteiger partial charge in [0.1, 0.15) is 0 Å². The Morgan fingerprint density at radius 3 is 2.47 bits per heavy atom. The fraction of sp³-hybridized carbons (Fsp3) is 0.455. The van der Waals surface area contributed by atoms with Gasteiger partial charge in [-0.05, 0) is 30.7 Å². The molecule has 1 aromatic carbocycles. The molecule has 2 nitrogen and oxygen atoms in total. The van der Waals surface area contributed by atoms with E-state index in [0.717, 1.165) is 0 Å². The van der Waals surface area contributed by atoms with Gasteiger partial charge in [-0.25, -0.2) is 4.39 Å². The van der Waals surface area contributed by atoms with E-state index >= 15 is 0 Å². The maximum absolute atomic E-state index is 13.3. The minimum Gasteiger partial charge on any atom is -0.490 e. The second kappa shape index (κ2) is 5.86. The predicted octanol–water partition coefficient (Wildman–Crippen LogP) is 2.66. The smallest absolute Gasteiger partial charge is 0.392 e. The number of nitrogens with two attached hydrogens (primary N) is 1. The van der Waals surface area contributed by atoms with Gasteiger partial charge in [0.05, 0.1) is 13.0 Å². The van der Waals surface area contributed by atoms with Gasteiger partial charge in [0.15, 0.2) is 11.6 Å². The van der Waals surface area contributed by atoms with Crippen molar-refractivity contribution in [2.24, 2.45) is 5.73 Å². The Bertz CT molecular complexity index is 365. The minimum absolute atomic E-state index is 0.171. The van der Waals surface area contributed by atoms with Gasteiger partial charge in [-0.3, -0.25) is 0 Å². The maximum atomic E-state index is 13.3. The van der Waals surface area contributed by atoms with Crippen LogP contribution in [0.1, 0.15) is 12.0 Å². The molecular formula is C11H13F4NO. The second-order valence-corrected chi connectivity index (χ2v) is 3.52. The third kappa shape index (κ3) is 5.04. The van der Waals surface area contributed by atoms with Crippen molar-refractivity contribution in [1.29, 1.82) is 0 Å². The molecule has 0 aliphatic carbocycles. The molecule has 96 valence electrons. The third-order valence-electron chi connectivity index (χ3n) is 2.07. The summed E-state index contributed by atoms with van der Waals surface area (Å²) in [4.78, 5) is 0. The standard InChI is InChI=1S/C11H13F4NO/c12-9-7-8(3-5-16)1-2-10(9)17-6-4-11(13,14)15/h1-2,7H,3-6,16H2. The first-order valence-corrected chi connectivity index (χ1v) is 5.10. The molecule has 0 saturated carbocycles. The highest BCUT2D eigenvalue weighted by Crippen LogP contribution is 2.22. The summed E-state index contributed by atoms with van der Waals surface area (Å²) in [6, 6.07) is 4.12. The molecule has 1 rings (SSSR count). The van der Waals surface area contributed by atoms with Crippen LogP contribution in [0.5, 0.6) is 5.75 Å². The zero-order valence-corrected chi connectivity index (χ0v) is 9.06. The number of hydrogen-bond donors (Lipinski definition) is 1. The zero-order chi connectivity index (χ0) is 12.9. The lowest BCUT2D eigenvalue weighted by Crippen LogP contribution is -2.13. The molecule has 1 aromatic rings. The predicted molar refractivity (Wildman–Crippen MR) is 55.3 cm³/mol. The van der Waals surface area contributed by atoms with Crippen LogP contribution < -0.4 is 10.5 Å². The largest absolute Gasteiger partial charge is 0.490 e. The Balaban J connectivity index is 2.54. The van der Waals surface area contributed by atoms with Gasteiger partial charge in [-0.1, -0.05) is 6.07 Å². The van der Waals surface area contributed by atoms with Gasteiger partial charge in [0.25, 0.3) is 0 Å². The lowest BCUT2D eigenvalue weighted by Gasteiger charge is -2.10. The topological polar surface area (TPSA) is 35.2 Å². The summed E-state index contributed by atoms with van der Waals surface area (Å²) in [5, 5.41) is 0. The molecule has 0 amide bonds. The van der Waals surface area contributed by atoms with Crippen LogP contribution in [0.15, 0.2) is 18.2 Å². The first-order chi connectivity index (χ1) is 7.92. The van der Waals surface area contributed by atoms with Crippen LogP contribution in [0.4, 0.5) is 17.6 Å². The van der Waals surface area contributed by atoms with Crippen molar-refractivity contribution in [2.45, 2.75) is 19.0 Å². The molecule has 0 atom stereocenters. The highest BCUT2D eigenvalue weighted by atomic mass is 19.4. The van der Waals surface area contributed by atoms with Crippen LogP contribution in [-0.2, 0) is 6.42 Å². The van der Waals surface area contributed by atoms with Gasteiger partial charge in [0, 0.05) is 0 Å². The van der Waals surface area contributed by atoms with E-state index in [2.05, 4.69) is 0 Å². The average molecular weight is 251 g/mol. The van der Waals surface area contributed by atoms with Crippen molar-refractivity contribution in [3.63, 3.8) is 0 Å². The highest BCUT2D eigenvalue weighted by Gasteiger charge is 2.27. The third-order valence-corrected chi connectivity index (χ3v) is 2.07. The van der Waals surface area contributed by atoms with Crippen LogP contribution >= 0.6 is 0 Å². The molecule has 0 heterocycles. The van der Waals surface area contributed by atoms with E-state index in [-0.39, 0.29) is 5.75 Å². The summed E-state index contributed by atoms with van der Waals surface area (Å²) in [5.41, 5.74) is 5.99. The molecule has 0 spiro atoms. The van der Waals surface area contributed by atoms with E-state index in [1.54, 1.807) is 6.07 Å². The summed E-state index contributed by atoms with van der Waals surface area (Å²) >= 11 is 0. The van der Waals surface area contributed by atoms with Crippen LogP contribution in [-0.4, -0.2) is 19.3 Å². The monoisotopic (exact) mass is 251 g/mol. The fourth-order valence-electron chi connectivity index (χ4n) is 1.26. The molecule has 0 aliphatic heterocycles. The Morgan fingerprint density at radius 2 is 1.94 bits per heavy atom. The molecule has 2 N–H and O–H groups in total. The fourth-order valence-corrected chi connectivity index (χ4v) is 1.26. The van der Waals surface area contributed by atoms with Crippen LogP contribution in [0.3, 0.4) is 0 Å². The molecule has 0 aromatic heterocycles. The summed E-state index contributed by atoms with van der Waals surface area (Å²) in [6.45, 7) is -0.204. The summed E-state index contributed by atoms with van der Waals surface area (Å²) in [5.74, 6) is -0.840. The van der Waals surface area contributed by atoms with Crippen molar-refractivity contribution < 1.29 is 22.3 Å². The van der Waals surface area contributed by atoms with E-state index in [4.69, 9.17) is 10.5 Å². The normalized spacial score (nSPS) is 11.6. The molecule has 0 bridgehead atoms. The highest BCUT2D eigenvalue weighted by molar-refractivity contribution is 5.29. The number of alkyl halides is 3. The second-order valence-electron chi connectivity index (χ2n) is 3.52. The quantitative estimate of drug-likeness (QED) is 0.816. The van der Waals surface area contributed by atoms with Gasteiger partial charge < -0.3 is 10.5 Å². The first kappa shape index (κ1) is 13.8. The van der Waals surface area contributed by atoms with Crippen molar-refractivity contribution in [3.05, 3.63) is 29.6 Å². The number of hydrogen-bond acceptors (Lipinski definition) is 2. The maximum Gasteiger partial charge on any atom is 0.392 e. The SMILES string of the molecule is NCCc1ccc(OCCC(F)(F)F)c(F)c1. The van der Waals surface area contributed by atoms with Crippen molar-refractivity contribution in [3.8, 4) is 5.75 Å². The zero-order valence-electron chi connectivity index (χ0n) is 9.06. The van der Waals surface area contributed by atoms with E-state index in [9.17, 15) is 17.6 Å². The summed E-state index contributed by atoms with van der Waals surface area (Å²) < 4.78 is 53.6. The molecule has 0 saturated heterocycles. The van der Waals surface area contributed by atoms with Crippen LogP contribution in [0, 0.1) is 5.82 Å². The van der Waals surface area contributed by atoms with Crippen molar-refractivity contribution in [2.75, 3.05) is 13.2 Å². The van der Waals surface area contributed by atoms with Gasteiger partial charge in [0.2, 0.25) is 0 Å². The van der Waals surface area contributed by atoms with Crippen molar-refractivity contribution >= 4 is 0 Å². The Kier molecular flexibility index (Phi) is 4.74. The summed E-state index contributed by atoms with van der Waals surface area (Å²) in [6.07, 6.45) is -4.88. The molecule has 0 radical (unpaired) electrons. The molecule has 0 unspecified atom stereocenters. The minimum atomic E-state index is -4.30. The number of benzene rings is 1. The Hall–Kier alpha value is -1.30. The number of halogens is 4. The lowest BCUT2D eigenvalue weighted by molar-refractivity contribution is -0.139. The van der Waals surface area contributed by atoms with E-state index in [1.165, 1.54) is 12.1 Å². The van der Waals surface area contributed by atoms with E-state index in [1.807, 2.05) is 0 Å². The Labute approximate surface area is 96.4 Å². The average Bonchev–Trinajstić information content (AvgIpc) is 2.20. The molecule has 6 heteroatoms. The molecular weight excluding hydrogens is 238 g/mol. The van der Waals surface area contributed by atoms with Gasteiger partial charge >= 0.3 is 6.18 Å². The molecule has 0 aliphatic rings. The van der Waals surface area contributed by atoms with Gasteiger partial charge in [-0.2, -0.15) is 13.2 Å². The number of rotatable bonds is 5. The van der Waals surface area contributed by atoms with E-state index in [0.29, 0.717) is 18.5 Å². The van der Waals surface area contributed by atoms with Crippen molar-refractivity contribution in [1.82, 2.24) is 0 Å². The number of ether oxygens (including phenoxy) is 1. The molecule has 17 heavy (non-hydrogen) atoms. The first-order valence-electron chi connectivity index (χ1n) is 5.10. The lowest BCUT2D eigenvalue weighted by atomic mass is 10.1. The van der Waals surface area contributed by atoms with E-state index < -0.39 is 25.0 Å².